The lowest BCUT2D eigenvalue weighted by Gasteiger charge is -2.28. The number of halogens is 3. The van der Waals surface area contributed by atoms with E-state index < -0.39 is 22.1 Å². The molecule has 0 N–H and O–H groups in total. The first-order chi connectivity index (χ1) is 10.7. The van der Waals surface area contributed by atoms with Gasteiger partial charge in [-0.2, -0.15) is 4.31 Å². The van der Waals surface area contributed by atoms with Crippen molar-refractivity contribution in [1.29, 1.82) is 0 Å². The minimum absolute atomic E-state index is 0.0719. The van der Waals surface area contributed by atoms with Crippen LogP contribution in [0.1, 0.15) is 19.3 Å². The minimum atomic E-state index is -4.81. The van der Waals surface area contributed by atoms with Crippen LogP contribution < -0.4 is 4.74 Å². The van der Waals surface area contributed by atoms with Gasteiger partial charge in [0.15, 0.2) is 0 Å². The zero-order valence-corrected chi connectivity index (χ0v) is 13.1. The molecule has 1 aliphatic carbocycles. The number of ether oxygens (including phenoxy) is 2. The zero-order chi connectivity index (χ0) is 16.8. The highest BCUT2D eigenvalue weighted by atomic mass is 32.2. The Balaban J connectivity index is 1.76. The Morgan fingerprint density at radius 2 is 1.87 bits per heavy atom. The third-order valence-electron chi connectivity index (χ3n) is 4.19. The number of likely N-dealkylation sites (N-methyl/N-ethyl adjacent to an activating group) is 1. The Kier molecular flexibility index (Phi) is 4.06. The fourth-order valence-corrected chi connectivity index (χ4v) is 4.36. The molecule has 128 valence electrons. The SMILES string of the molecule is CN([C@H]1CCCC2O[C@@H]21)S(=O)(=O)c1ccc(OC(F)(F)F)cc1. The molecule has 0 radical (unpaired) electrons. The van der Waals surface area contributed by atoms with Crippen molar-refractivity contribution in [3.63, 3.8) is 0 Å². The van der Waals surface area contributed by atoms with Crippen molar-refractivity contribution >= 4 is 10.0 Å². The van der Waals surface area contributed by atoms with E-state index in [9.17, 15) is 21.6 Å². The van der Waals surface area contributed by atoms with Crippen LogP contribution in [0.4, 0.5) is 13.2 Å². The molecule has 0 bridgehead atoms. The van der Waals surface area contributed by atoms with Gasteiger partial charge >= 0.3 is 6.36 Å². The van der Waals surface area contributed by atoms with Crippen LogP contribution in [0, 0.1) is 0 Å². The van der Waals surface area contributed by atoms with E-state index in [-0.39, 0.29) is 23.1 Å². The number of sulfonamides is 1. The van der Waals surface area contributed by atoms with Crippen molar-refractivity contribution in [3.05, 3.63) is 24.3 Å². The molecule has 0 spiro atoms. The minimum Gasteiger partial charge on any atom is -0.406 e. The van der Waals surface area contributed by atoms with E-state index in [1.54, 1.807) is 0 Å². The van der Waals surface area contributed by atoms with Crippen LogP contribution in [0.5, 0.6) is 5.75 Å². The summed E-state index contributed by atoms with van der Waals surface area (Å²) in [5.74, 6) is -0.456. The van der Waals surface area contributed by atoms with Gasteiger partial charge in [-0.05, 0) is 43.5 Å². The first kappa shape index (κ1) is 16.5. The fourth-order valence-electron chi connectivity index (χ4n) is 2.97. The second-order valence-electron chi connectivity index (χ2n) is 5.68. The third kappa shape index (κ3) is 3.46. The number of alkyl halides is 3. The predicted octanol–water partition coefficient (Wildman–Crippen LogP) is 2.53. The van der Waals surface area contributed by atoms with Crippen molar-refractivity contribution in [1.82, 2.24) is 4.31 Å². The van der Waals surface area contributed by atoms with Crippen molar-refractivity contribution in [2.45, 2.75) is 48.8 Å². The molecule has 5 nitrogen and oxygen atoms in total. The summed E-state index contributed by atoms with van der Waals surface area (Å²) in [6, 6.07) is 3.98. The predicted molar refractivity (Wildman–Crippen MR) is 74.4 cm³/mol. The van der Waals surface area contributed by atoms with Gasteiger partial charge in [0, 0.05) is 7.05 Å². The molecular formula is C14H16F3NO4S. The molecule has 1 aliphatic heterocycles. The van der Waals surface area contributed by atoms with Crippen molar-refractivity contribution in [2.75, 3.05) is 7.05 Å². The first-order valence-corrected chi connectivity index (χ1v) is 8.62. The summed E-state index contributed by atoms with van der Waals surface area (Å²) in [6.07, 6.45) is -2.20. The van der Waals surface area contributed by atoms with Crippen LogP contribution >= 0.6 is 0 Å². The smallest absolute Gasteiger partial charge is 0.406 e. The number of hydrogen-bond donors (Lipinski definition) is 0. The standard InChI is InChI=1S/C14H16F3NO4S/c1-18(11-3-2-4-12-13(11)21-12)23(19,20)10-7-5-9(6-8-10)22-14(15,16)17/h5-8,11-13H,2-4H2,1H3/t11-,12?,13+/m0/s1. The Morgan fingerprint density at radius 3 is 2.48 bits per heavy atom. The summed E-state index contributed by atoms with van der Waals surface area (Å²) in [7, 11) is -2.31. The summed E-state index contributed by atoms with van der Waals surface area (Å²) in [5.41, 5.74) is 0. The molecule has 2 fully saturated rings. The zero-order valence-electron chi connectivity index (χ0n) is 12.3. The van der Waals surface area contributed by atoms with Crippen LogP contribution in [0.25, 0.3) is 0 Å². The lowest BCUT2D eigenvalue weighted by atomic mass is 9.96. The van der Waals surface area contributed by atoms with Gasteiger partial charge in [-0.1, -0.05) is 0 Å². The van der Waals surface area contributed by atoms with Gasteiger partial charge in [-0.15, -0.1) is 13.2 Å². The number of hydrogen-bond acceptors (Lipinski definition) is 4. The van der Waals surface area contributed by atoms with E-state index in [0.717, 1.165) is 37.1 Å². The maximum absolute atomic E-state index is 12.6. The van der Waals surface area contributed by atoms with Crippen molar-refractivity contribution in [2.24, 2.45) is 0 Å². The summed E-state index contributed by atoms with van der Waals surface area (Å²) in [5, 5.41) is 0. The van der Waals surface area contributed by atoms with Crippen molar-refractivity contribution < 1.29 is 31.1 Å². The van der Waals surface area contributed by atoms with Gasteiger partial charge in [0.05, 0.1) is 17.0 Å². The molecule has 1 heterocycles. The summed E-state index contributed by atoms with van der Waals surface area (Å²) in [4.78, 5) is -0.0719. The van der Waals surface area contributed by atoms with Crippen molar-refractivity contribution in [3.8, 4) is 5.75 Å². The molecular weight excluding hydrogens is 335 g/mol. The van der Waals surface area contributed by atoms with E-state index >= 15 is 0 Å². The molecule has 1 saturated heterocycles. The van der Waals surface area contributed by atoms with Crippen LogP contribution in [0.2, 0.25) is 0 Å². The molecule has 1 aromatic carbocycles. The molecule has 3 atom stereocenters. The molecule has 2 aliphatic rings. The molecule has 1 saturated carbocycles. The first-order valence-electron chi connectivity index (χ1n) is 7.18. The van der Waals surface area contributed by atoms with Crippen LogP contribution in [-0.2, 0) is 14.8 Å². The highest BCUT2D eigenvalue weighted by Gasteiger charge is 2.50. The second-order valence-corrected chi connectivity index (χ2v) is 7.68. The van der Waals surface area contributed by atoms with E-state index in [1.807, 2.05) is 0 Å². The molecule has 0 amide bonds. The Morgan fingerprint density at radius 1 is 1.22 bits per heavy atom. The monoisotopic (exact) mass is 351 g/mol. The Hall–Kier alpha value is -1.32. The van der Waals surface area contributed by atoms with Gasteiger partial charge in [-0.25, -0.2) is 8.42 Å². The average Bonchev–Trinajstić information content (AvgIpc) is 3.24. The van der Waals surface area contributed by atoms with Gasteiger partial charge < -0.3 is 9.47 Å². The van der Waals surface area contributed by atoms with Crippen LogP contribution in [0.3, 0.4) is 0 Å². The van der Waals surface area contributed by atoms with E-state index in [0.29, 0.717) is 6.42 Å². The molecule has 9 heteroatoms. The highest BCUT2D eigenvalue weighted by Crippen LogP contribution is 2.40. The summed E-state index contributed by atoms with van der Waals surface area (Å²) < 4.78 is 72.1. The van der Waals surface area contributed by atoms with E-state index in [2.05, 4.69) is 4.74 Å². The van der Waals surface area contributed by atoms with E-state index in [4.69, 9.17) is 4.74 Å². The maximum Gasteiger partial charge on any atom is 0.573 e. The average molecular weight is 351 g/mol. The van der Waals surface area contributed by atoms with Crippen LogP contribution in [0.15, 0.2) is 29.2 Å². The van der Waals surface area contributed by atoms with Gasteiger partial charge in [-0.3, -0.25) is 0 Å². The van der Waals surface area contributed by atoms with Gasteiger partial charge in [0.1, 0.15) is 11.9 Å². The number of fused-ring (bicyclic) bond motifs is 1. The lowest BCUT2D eigenvalue weighted by Crippen LogP contribution is -2.42. The Labute approximate surface area is 132 Å². The quantitative estimate of drug-likeness (QED) is 0.782. The fraction of sp³-hybridized carbons (Fsp3) is 0.571. The largest absolute Gasteiger partial charge is 0.573 e. The molecule has 3 rings (SSSR count). The highest BCUT2D eigenvalue weighted by molar-refractivity contribution is 7.89. The molecule has 0 aromatic heterocycles. The number of benzene rings is 1. The summed E-state index contributed by atoms with van der Waals surface area (Å²) in [6.45, 7) is 0. The Bertz CT molecular complexity index is 674. The molecule has 1 aromatic rings. The molecule has 1 unspecified atom stereocenters. The maximum atomic E-state index is 12.6. The number of nitrogens with zero attached hydrogens (tertiary/aromatic N) is 1. The lowest BCUT2D eigenvalue weighted by molar-refractivity contribution is -0.274. The second kappa shape index (κ2) is 5.64. The summed E-state index contributed by atoms with van der Waals surface area (Å²) >= 11 is 0. The van der Waals surface area contributed by atoms with E-state index in [1.165, 1.54) is 11.4 Å². The van der Waals surface area contributed by atoms with Gasteiger partial charge in [0.2, 0.25) is 10.0 Å². The van der Waals surface area contributed by atoms with Gasteiger partial charge in [0.25, 0.3) is 0 Å². The van der Waals surface area contributed by atoms with Crippen LogP contribution in [-0.4, -0.2) is 44.4 Å². The topological polar surface area (TPSA) is 59.1 Å². The number of epoxide rings is 1. The normalized spacial score (nSPS) is 27.6. The molecule has 23 heavy (non-hydrogen) atoms. The number of rotatable bonds is 4. The third-order valence-corrected chi connectivity index (χ3v) is 6.09.